The van der Waals surface area contributed by atoms with E-state index in [2.05, 4.69) is 42.3 Å². The molecule has 2 aromatic rings. The van der Waals surface area contributed by atoms with E-state index < -0.39 is 0 Å². The number of rotatable bonds is 5. The molecule has 0 aromatic heterocycles. The second-order valence-corrected chi connectivity index (χ2v) is 9.57. The molecule has 0 radical (unpaired) electrons. The fraction of sp³-hybridized carbons (Fsp3) is 0.480. The van der Waals surface area contributed by atoms with Gasteiger partial charge in [0.1, 0.15) is 0 Å². The van der Waals surface area contributed by atoms with Crippen LogP contribution in [0.15, 0.2) is 36.4 Å². The predicted octanol–water partition coefficient (Wildman–Crippen LogP) is 5.55. The average molecular weight is 476 g/mol. The van der Waals surface area contributed by atoms with Crippen LogP contribution in [0.25, 0.3) is 0 Å². The Morgan fingerprint density at radius 3 is 2.47 bits per heavy atom. The summed E-state index contributed by atoms with van der Waals surface area (Å²) in [6.07, 6.45) is 1.78. The van der Waals surface area contributed by atoms with Crippen LogP contribution in [0.5, 0.6) is 0 Å². The second kappa shape index (κ2) is 10.3. The number of hydrogen-bond donors (Lipinski definition) is 1. The lowest BCUT2D eigenvalue weighted by Crippen LogP contribution is -2.46. The highest BCUT2D eigenvalue weighted by atomic mass is 35.5. The van der Waals surface area contributed by atoms with Crippen LogP contribution in [0.3, 0.4) is 0 Å². The van der Waals surface area contributed by atoms with Crippen molar-refractivity contribution in [1.29, 1.82) is 0 Å². The van der Waals surface area contributed by atoms with Crippen LogP contribution < -0.4 is 10.2 Å². The molecular formula is C25H31Cl2N3O2. The average Bonchev–Trinajstić information content (AvgIpc) is 2.80. The molecule has 0 aliphatic carbocycles. The van der Waals surface area contributed by atoms with Crippen LogP contribution in [-0.2, 0) is 9.53 Å². The maximum absolute atomic E-state index is 12.8. The Morgan fingerprint density at radius 2 is 1.78 bits per heavy atom. The molecule has 2 aliphatic rings. The molecule has 32 heavy (non-hydrogen) atoms. The Hall–Kier alpha value is -1.95. The van der Waals surface area contributed by atoms with Gasteiger partial charge in [-0.3, -0.25) is 4.79 Å². The number of hydrogen-bond acceptors (Lipinski definition) is 4. The molecule has 1 amide bonds. The number of morpholine rings is 1. The van der Waals surface area contributed by atoms with Crippen molar-refractivity contribution in [2.45, 2.75) is 32.7 Å². The minimum absolute atomic E-state index is 0.0468. The van der Waals surface area contributed by atoms with Crippen LogP contribution in [0.2, 0.25) is 10.0 Å². The number of amides is 1. The van der Waals surface area contributed by atoms with Crippen LogP contribution in [-0.4, -0.2) is 50.2 Å². The van der Waals surface area contributed by atoms with Gasteiger partial charge < -0.3 is 19.9 Å². The van der Waals surface area contributed by atoms with Gasteiger partial charge in [-0.05, 0) is 62.1 Å². The third-order valence-corrected chi connectivity index (χ3v) is 7.12. The molecule has 2 fully saturated rings. The maximum atomic E-state index is 12.8. The first-order valence-corrected chi connectivity index (χ1v) is 12.1. The van der Waals surface area contributed by atoms with Crippen molar-refractivity contribution in [2.24, 2.45) is 5.92 Å². The van der Waals surface area contributed by atoms with Gasteiger partial charge in [0.15, 0.2) is 0 Å². The van der Waals surface area contributed by atoms with Gasteiger partial charge in [0.25, 0.3) is 0 Å². The summed E-state index contributed by atoms with van der Waals surface area (Å²) >= 11 is 12.5. The molecule has 1 N–H and O–H groups in total. The molecule has 2 aromatic carbocycles. The highest BCUT2D eigenvalue weighted by molar-refractivity contribution is 6.35. The Balaban J connectivity index is 1.40. The Morgan fingerprint density at radius 1 is 1.06 bits per heavy atom. The van der Waals surface area contributed by atoms with Gasteiger partial charge in [-0.2, -0.15) is 0 Å². The zero-order valence-electron chi connectivity index (χ0n) is 18.7. The number of ether oxygens (including phenoxy) is 1. The van der Waals surface area contributed by atoms with E-state index in [1.54, 1.807) is 6.07 Å². The lowest BCUT2D eigenvalue weighted by atomic mass is 9.94. The third kappa shape index (κ3) is 5.33. The number of halogens is 2. The predicted molar refractivity (Wildman–Crippen MR) is 132 cm³/mol. The fourth-order valence-corrected chi connectivity index (χ4v) is 5.12. The summed E-state index contributed by atoms with van der Waals surface area (Å²) in [5.41, 5.74) is 4.48. The highest BCUT2D eigenvalue weighted by Crippen LogP contribution is 2.32. The Bertz CT molecular complexity index is 954. The van der Waals surface area contributed by atoms with Crippen molar-refractivity contribution >= 4 is 40.5 Å². The number of piperidine rings is 1. The molecule has 5 nitrogen and oxygen atoms in total. The highest BCUT2D eigenvalue weighted by Gasteiger charge is 2.29. The van der Waals surface area contributed by atoms with Crippen molar-refractivity contribution in [3.8, 4) is 0 Å². The molecule has 172 valence electrons. The van der Waals surface area contributed by atoms with E-state index in [9.17, 15) is 4.79 Å². The van der Waals surface area contributed by atoms with E-state index in [1.807, 2.05) is 17.0 Å². The van der Waals surface area contributed by atoms with Gasteiger partial charge >= 0.3 is 0 Å². The zero-order chi connectivity index (χ0) is 22.7. The molecule has 2 heterocycles. The van der Waals surface area contributed by atoms with Crippen molar-refractivity contribution in [2.75, 3.05) is 49.6 Å². The van der Waals surface area contributed by atoms with Crippen molar-refractivity contribution in [3.63, 3.8) is 0 Å². The molecule has 4 rings (SSSR count). The van der Waals surface area contributed by atoms with Crippen LogP contribution in [0, 0.1) is 12.8 Å². The van der Waals surface area contributed by atoms with E-state index in [0.717, 1.165) is 50.3 Å². The summed E-state index contributed by atoms with van der Waals surface area (Å²) in [5, 5.41) is 4.91. The smallest absolute Gasteiger partial charge is 0.225 e. The van der Waals surface area contributed by atoms with Crippen molar-refractivity contribution in [3.05, 3.63) is 57.6 Å². The molecule has 1 unspecified atom stereocenters. The lowest BCUT2D eigenvalue weighted by molar-refractivity contribution is -0.140. The molecule has 2 saturated heterocycles. The van der Waals surface area contributed by atoms with E-state index in [1.165, 1.54) is 11.3 Å². The first kappa shape index (κ1) is 23.2. The number of nitrogens with one attached hydrogen (secondary N) is 1. The second-order valence-electron chi connectivity index (χ2n) is 8.73. The lowest BCUT2D eigenvalue weighted by Gasteiger charge is -2.36. The fourth-order valence-electron chi connectivity index (χ4n) is 4.55. The summed E-state index contributed by atoms with van der Waals surface area (Å²) in [6.45, 7) is 8.75. The standard InChI is InChI=1S/C25H31Cl2N3O2/c1-17-3-5-21(16-24(17)28-18(2)22-6-4-20(26)15-23(22)27)29-9-7-19(8-10-29)25(31)30-11-13-32-14-12-30/h3-6,15-16,18-19,28H,7-14H2,1-2H3. The molecule has 0 saturated carbocycles. The van der Waals surface area contributed by atoms with Gasteiger partial charge in [-0.1, -0.05) is 35.3 Å². The maximum Gasteiger partial charge on any atom is 0.225 e. The monoisotopic (exact) mass is 475 g/mol. The number of aryl methyl sites for hydroxylation is 1. The van der Waals surface area contributed by atoms with E-state index in [4.69, 9.17) is 27.9 Å². The zero-order valence-corrected chi connectivity index (χ0v) is 20.3. The van der Waals surface area contributed by atoms with Gasteiger partial charge in [0, 0.05) is 53.5 Å². The quantitative estimate of drug-likeness (QED) is 0.615. The SMILES string of the molecule is Cc1ccc(N2CCC(C(=O)N3CCOCC3)CC2)cc1NC(C)c1ccc(Cl)cc1Cl. The van der Waals surface area contributed by atoms with Crippen LogP contribution >= 0.6 is 23.2 Å². The summed E-state index contributed by atoms with van der Waals surface area (Å²) < 4.78 is 5.38. The molecule has 0 bridgehead atoms. The normalized spacial score (nSPS) is 18.5. The number of benzene rings is 2. The summed E-state index contributed by atoms with van der Waals surface area (Å²) in [4.78, 5) is 17.2. The summed E-state index contributed by atoms with van der Waals surface area (Å²) in [6, 6.07) is 12.2. The molecule has 1 atom stereocenters. The van der Waals surface area contributed by atoms with Crippen molar-refractivity contribution in [1.82, 2.24) is 4.90 Å². The van der Waals surface area contributed by atoms with Gasteiger partial charge in [0.05, 0.1) is 19.3 Å². The minimum Gasteiger partial charge on any atom is -0.378 e. The summed E-state index contributed by atoms with van der Waals surface area (Å²) in [5.74, 6) is 0.423. The van der Waals surface area contributed by atoms with Crippen molar-refractivity contribution < 1.29 is 9.53 Å². The number of anilines is 2. The summed E-state index contributed by atoms with van der Waals surface area (Å²) in [7, 11) is 0. The van der Waals surface area contributed by atoms with Gasteiger partial charge in [0.2, 0.25) is 5.91 Å². The van der Waals surface area contributed by atoms with E-state index >= 15 is 0 Å². The molecule has 0 spiro atoms. The number of nitrogens with zero attached hydrogens (tertiary/aromatic N) is 2. The van der Waals surface area contributed by atoms with E-state index in [-0.39, 0.29) is 12.0 Å². The first-order chi connectivity index (χ1) is 15.4. The number of carbonyl (C=O) groups is 1. The van der Waals surface area contributed by atoms with Crippen LogP contribution in [0.1, 0.15) is 36.9 Å². The van der Waals surface area contributed by atoms with Crippen LogP contribution in [0.4, 0.5) is 11.4 Å². The minimum atomic E-state index is 0.0468. The molecule has 2 aliphatic heterocycles. The first-order valence-electron chi connectivity index (χ1n) is 11.4. The van der Waals surface area contributed by atoms with E-state index in [0.29, 0.717) is 29.2 Å². The number of carbonyl (C=O) groups excluding carboxylic acids is 1. The van der Waals surface area contributed by atoms with Gasteiger partial charge in [-0.15, -0.1) is 0 Å². The molecule has 7 heteroatoms. The molecular weight excluding hydrogens is 445 g/mol. The largest absolute Gasteiger partial charge is 0.378 e. The Kier molecular flexibility index (Phi) is 7.49. The topological polar surface area (TPSA) is 44.8 Å². The Labute approximate surface area is 200 Å². The van der Waals surface area contributed by atoms with Gasteiger partial charge in [-0.25, -0.2) is 0 Å². The third-order valence-electron chi connectivity index (χ3n) is 6.55.